The molecule has 0 unspecified atom stereocenters. The monoisotopic (exact) mass is 290 g/mol. The van der Waals surface area contributed by atoms with Crippen LogP contribution in [0.1, 0.15) is 10.4 Å². The maximum Gasteiger partial charge on any atom is 0.337 e. The van der Waals surface area contributed by atoms with Crippen LogP contribution in [0.2, 0.25) is 0 Å². The zero-order valence-corrected chi connectivity index (χ0v) is 11.9. The number of benzene rings is 2. The molecule has 20 heavy (non-hydrogen) atoms. The first-order chi connectivity index (χ1) is 9.63. The number of aromatic hydroxyl groups is 1. The molecule has 2 rings (SSSR count). The highest BCUT2D eigenvalue weighted by Gasteiger charge is 2.06. The van der Waals surface area contributed by atoms with Gasteiger partial charge in [-0.15, -0.1) is 0 Å². The van der Waals surface area contributed by atoms with Gasteiger partial charge in [0, 0.05) is 9.79 Å². The predicted octanol–water partition coefficient (Wildman–Crippen LogP) is 3.34. The summed E-state index contributed by atoms with van der Waals surface area (Å²) in [5, 5.41) is 9.72. The van der Waals surface area contributed by atoms with Gasteiger partial charge < -0.3 is 14.6 Å². The van der Waals surface area contributed by atoms with Crippen molar-refractivity contribution in [2.45, 2.75) is 9.79 Å². The Kier molecular flexibility index (Phi) is 4.53. The topological polar surface area (TPSA) is 55.8 Å². The lowest BCUT2D eigenvalue weighted by Crippen LogP contribution is -2.00. The van der Waals surface area contributed by atoms with Crippen molar-refractivity contribution in [2.24, 2.45) is 0 Å². The van der Waals surface area contributed by atoms with Crippen molar-refractivity contribution in [3.05, 3.63) is 48.0 Å². The summed E-state index contributed by atoms with van der Waals surface area (Å²) in [7, 11) is 2.86. The number of hydrogen-bond acceptors (Lipinski definition) is 5. The number of phenolic OH excluding ortho intramolecular Hbond substituents is 1. The molecular formula is C15H14O4S. The predicted molar refractivity (Wildman–Crippen MR) is 76.6 cm³/mol. The first-order valence-corrected chi connectivity index (χ1v) is 6.69. The van der Waals surface area contributed by atoms with Crippen LogP contribution in [0.4, 0.5) is 0 Å². The van der Waals surface area contributed by atoms with Crippen LogP contribution in [0.3, 0.4) is 0 Å². The average molecular weight is 290 g/mol. The zero-order valence-electron chi connectivity index (χ0n) is 11.1. The van der Waals surface area contributed by atoms with E-state index in [-0.39, 0.29) is 11.7 Å². The van der Waals surface area contributed by atoms with Crippen LogP contribution in [-0.4, -0.2) is 25.3 Å². The number of methoxy groups -OCH3 is 2. The van der Waals surface area contributed by atoms with Crippen LogP contribution in [0.25, 0.3) is 0 Å². The van der Waals surface area contributed by atoms with E-state index < -0.39 is 0 Å². The Morgan fingerprint density at radius 1 is 1.05 bits per heavy atom. The molecule has 0 spiro atoms. The molecule has 2 aromatic rings. The lowest BCUT2D eigenvalue weighted by Gasteiger charge is -2.06. The summed E-state index contributed by atoms with van der Waals surface area (Å²) < 4.78 is 9.64. The minimum atomic E-state index is -0.358. The summed E-state index contributed by atoms with van der Waals surface area (Å²) in [6, 6.07) is 12.3. The minimum Gasteiger partial charge on any atom is -0.504 e. The minimum absolute atomic E-state index is 0.101. The van der Waals surface area contributed by atoms with Gasteiger partial charge >= 0.3 is 5.97 Å². The fourth-order valence-electron chi connectivity index (χ4n) is 1.65. The van der Waals surface area contributed by atoms with Crippen LogP contribution in [0, 0.1) is 0 Å². The fraction of sp³-hybridized carbons (Fsp3) is 0.133. The lowest BCUT2D eigenvalue weighted by atomic mass is 10.2. The molecule has 0 aliphatic rings. The van der Waals surface area contributed by atoms with Gasteiger partial charge in [0.15, 0.2) is 11.5 Å². The molecule has 0 fully saturated rings. The average Bonchev–Trinajstić information content (AvgIpc) is 2.47. The van der Waals surface area contributed by atoms with Crippen LogP contribution >= 0.6 is 11.8 Å². The second-order valence-electron chi connectivity index (χ2n) is 3.95. The smallest absolute Gasteiger partial charge is 0.337 e. The van der Waals surface area contributed by atoms with Gasteiger partial charge in [-0.25, -0.2) is 4.79 Å². The Balaban J connectivity index is 2.14. The highest BCUT2D eigenvalue weighted by Crippen LogP contribution is 2.34. The van der Waals surface area contributed by atoms with Gasteiger partial charge in [-0.2, -0.15) is 0 Å². The molecular weight excluding hydrogens is 276 g/mol. The Morgan fingerprint density at radius 3 is 2.25 bits per heavy atom. The first kappa shape index (κ1) is 14.3. The highest BCUT2D eigenvalue weighted by molar-refractivity contribution is 7.99. The zero-order chi connectivity index (χ0) is 14.5. The Labute approximate surface area is 121 Å². The summed E-state index contributed by atoms with van der Waals surface area (Å²) >= 11 is 1.48. The molecule has 4 nitrogen and oxygen atoms in total. The number of hydrogen-bond donors (Lipinski definition) is 1. The third-order valence-corrected chi connectivity index (χ3v) is 3.66. The molecule has 0 aromatic heterocycles. The van der Waals surface area contributed by atoms with Gasteiger partial charge in [0.25, 0.3) is 0 Å². The first-order valence-electron chi connectivity index (χ1n) is 5.87. The van der Waals surface area contributed by atoms with E-state index >= 15 is 0 Å². The third kappa shape index (κ3) is 3.24. The molecule has 0 aliphatic heterocycles. The van der Waals surface area contributed by atoms with E-state index in [1.807, 2.05) is 18.2 Å². The molecule has 0 heterocycles. The van der Waals surface area contributed by atoms with Crippen LogP contribution in [-0.2, 0) is 4.74 Å². The number of ether oxygens (including phenoxy) is 2. The molecule has 2 aromatic carbocycles. The van der Waals surface area contributed by atoms with Crippen molar-refractivity contribution in [1.82, 2.24) is 0 Å². The molecule has 0 aliphatic carbocycles. The number of esters is 1. The third-order valence-electron chi connectivity index (χ3n) is 2.66. The Hall–Kier alpha value is -2.14. The van der Waals surface area contributed by atoms with Gasteiger partial charge in [-0.1, -0.05) is 11.8 Å². The maximum atomic E-state index is 11.3. The van der Waals surface area contributed by atoms with E-state index in [2.05, 4.69) is 4.74 Å². The molecule has 0 saturated carbocycles. The molecule has 5 heteroatoms. The molecule has 0 saturated heterocycles. The van der Waals surface area contributed by atoms with E-state index in [9.17, 15) is 9.90 Å². The van der Waals surface area contributed by atoms with Crippen LogP contribution in [0.5, 0.6) is 11.5 Å². The lowest BCUT2D eigenvalue weighted by molar-refractivity contribution is 0.0600. The SMILES string of the molecule is COC(=O)c1ccc(Sc2ccc(OC)c(O)c2)cc1. The Morgan fingerprint density at radius 2 is 1.70 bits per heavy atom. The van der Waals surface area contributed by atoms with Crippen molar-refractivity contribution in [2.75, 3.05) is 14.2 Å². The van der Waals surface area contributed by atoms with Crippen molar-refractivity contribution >= 4 is 17.7 Å². The number of carbonyl (C=O) groups excluding carboxylic acids is 1. The summed E-state index contributed by atoms with van der Waals surface area (Å²) in [5.41, 5.74) is 0.509. The van der Waals surface area contributed by atoms with E-state index in [0.717, 1.165) is 9.79 Å². The van der Waals surface area contributed by atoms with Gasteiger partial charge in [0.2, 0.25) is 0 Å². The molecule has 104 valence electrons. The highest BCUT2D eigenvalue weighted by atomic mass is 32.2. The van der Waals surface area contributed by atoms with E-state index in [4.69, 9.17) is 4.74 Å². The van der Waals surface area contributed by atoms with Crippen LogP contribution in [0.15, 0.2) is 52.3 Å². The van der Waals surface area contributed by atoms with E-state index in [1.54, 1.807) is 24.3 Å². The summed E-state index contributed by atoms with van der Waals surface area (Å²) in [6.07, 6.45) is 0. The quantitative estimate of drug-likeness (QED) is 0.875. The van der Waals surface area contributed by atoms with E-state index in [1.165, 1.54) is 26.0 Å². The number of carbonyl (C=O) groups is 1. The molecule has 0 amide bonds. The van der Waals surface area contributed by atoms with Gasteiger partial charge in [0.1, 0.15) is 0 Å². The standard InChI is InChI=1S/C15H14O4S/c1-18-14-8-7-12(9-13(14)16)20-11-5-3-10(4-6-11)15(17)19-2/h3-9,16H,1-2H3. The largest absolute Gasteiger partial charge is 0.504 e. The van der Waals surface area contributed by atoms with Gasteiger partial charge in [0.05, 0.1) is 19.8 Å². The van der Waals surface area contributed by atoms with Crippen molar-refractivity contribution in [3.63, 3.8) is 0 Å². The van der Waals surface area contributed by atoms with Crippen molar-refractivity contribution in [3.8, 4) is 11.5 Å². The Bertz CT molecular complexity index is 608. The molecule has 0 radical (unpaired) electrons. The summed E-state index contributed by atoms with van der Waals surface area (Å²) in [6.45, 7) is 0. The molecule has 0 atom stereocenters. The van der Waals surface area contributed by atoms with Gasteiger partial charge in [-0.3, -0.25) is 0 Å². The van der Waals surface area contributed by atoms with Gasteiger partial charge in [-0.05, 0) is 42.5 Å². The molecule has 1 N–H and O–H groups in total. The fourth-order valence-corrected chi connectivity index (χ4v) is 2.50. The summed E-state index contributed by atoms with van der Waals surface area (Å²) in [5.74, 6) is 0.183. The number of phenols is 1. The second kappa shape index (κ2) is 6.34. The summed E-state index contributed by atoms with van der Waals surface area (Å²) in [4.78, 5) is 13.2. The normalized spacial score (nSPS) is 10.1. The van der Waals surface area contributed by atoms with Crippen molar-refractivity contribution < 1.29 is 19.4 Å². The maximum absolute atomic E-state index is 11.3. The number of rotatable bonds is 4. The van der Waals surface area contributed by atoms with E-state index in [0.29, 0.717) is 11.3 Å². The van der Waals surface area contributed by atoms with Crippen LogP contribution < -0.4 is 4.74 Å². The molecule has 0 bridgehead atoms. The second-order valence-corrected chi connectivity index (χ2v) is 5.10. The van der Waals surface area contributed by atoms with Crippen molar-refractivity contribution in [1.29, 1.82) is 0 Å².